The maximum atomic E-state index is 11.0. The first kappa shape index (κ1) is 48.7. The van der Waals surface area contributed by atoms with Gasteiger partial charge in [0.25, 0.3) is 0 Å². The predicted octanol–water partition coefficient (Wildman–Crippen LogP) is 10.9. The van der Waals surface area contributed by atoms with Crippen LogP contribution in [0.2, 0.25) is 0 Å². The van der Waals surface area contributed by atoms with Crippen LogP contribution in [0.25, 0.3) is 0 Å². The Balaban J connectivity index is 0. The summed E-state index contributed by atoms with van der Waals surface area (Å²) in [6.07, 6.45) is 49.7. The summed E-state index contributed by atoms with van der Waals surface area (Å²) >= 11 is 0. The fourth-order valence-electron chi connectivity index (χ4n) is 6.46. The predicted molar refractivity (Wildman–Crippen MR) is 197 cm³/mol. The zero-order valence-corrected chi connectivity index (χ0v) is 34.3. The van der Waals surface area contributed by atoms with E-state index in [0.29, 0.717) is 0 Å². The van der Waals surface area contributed by atoms with Gasteiger partial charge < -0.3 is 4.55 Å². The topological polar surface area (TPSA) is 66.4 Å². The molecule has 46 heavy (non-hydrogen) atoms. The fourth-order valence-corrected chi connectivity index (χ4v) is 6.80. The first-order chi connectivity index (χ1) is 22.0. The molecular weight excluding hydrogens is 599 g/mol. The van der Waals surface area contributed by atoms with Crippen LogP contribution in [0.4, 0.5) is 0 Å². The molecule has 0 radical (unpaired) electrons. The monoisotopic (exact) mass is 679 g/mol. The molecule has 270 valence electrons. The van der Waals surface area contributed by atoms with Crippen molar-refractivity contribution >= 4 is 10.4 Å². The third-order valence-corrected chi connectivity index (χ3v) is 9.91. The van der Waals surface area contributed by atoms with Crippen molar-refractivity contribution in [1.82, 2.24) is 0 Å². The normalized spacial score (nSPS) is 12.6. The van der Waals surface area contributed by atoms with Gasteiger partial charge in [-0.1, -0.05) is 225 Å². The van der Waals surface area contributed by atoms with Gasteiger partial charge in [0.2, 0.25) is 10.4 Å². The van der Waals surface area contributed by atoms with Gasteiger partial charge in [-0.15, -0.1) is 0 Å². The van der Waals surface area contributed by atoms with Gasteiger partial charge in [0.05, 0.1) is 6.61 Å². The van der Waals surface area contributed by atoms with E-state index >= 15 is 0 Å². The summed E-state index contributed by atoms with van der Waals surface area (Å²) in [6, 6.07) is 0. The minimum atomic E-state index is -4.63. The van der Waals surface area contributed by atoms with Gasteiger partial charge in [-0.05, 0) is 19.3 Å². The second-order valence-electron chi connectivity index (χ2n) is 14.1. The molecule has 1 atom stereocenters. The molecule has 0 aliphatic rings. The van der Waals surface area contributed by atoms with Gasteiger partial charge in [-0.3, -0.25) is 4.18 Å². The molecule has 0 aliphatic carbocycles. The maximum absolute atomic E-state index is 11.0. The fraction of sp³-hybridized carbons (Fsp3) is 0.950. The quantitative estimate of drug-likeness (QED) is 0.0214. The largest absolute Gasteiger partial charge is 1.00 e. The molecule has 0 aromatic carbocycles. The van der Waals surface area contributed by atoms with E-state index in [0.717, 1.165) is 19.3 Å². The van der Waals surface area contributed by atoms with Crippen LogP contribution in [0, 0.1) is 5.92 Å². The molecule has 4 nitrogen and oxygen atoms in total. The summed E-state index contributed by atoms with van der Waals surface area (Å²) in [5.74, 6) is 0.0153. The summed E-state index contributed by atoms with van der Waals surface area (Å²) in [7, 11) is -4.63. The van der Waals surface area contributed by atoms with Crippen molar-refractivity contribution in [2.24, 2.45) is 5.92 Å². The Morgan fingerprint density at radius 3 is 1.07 bits per heavy atom. The molecule has 0 saturated carbocycles. The van der Waals surface area contributed by atoms with Crippen LogP contribution < -0.4 is 29.6 Å². The molecule has 0 spiro atoms. The van der Waals surface area contributed by atoms with E-state index in [1.165, 1.54) is 199 Å². The van der Waals surface area contributed by atoms with E-state index < -0.39 is 10.4 Å². The van der Waals surface area contributed by atoms with Crippen molar-refractivity contribution in [2.45, 2.75) is 232 Å². The molecule has 0 bridgehead atoms. The maximum Gasteiger partial charge on any atom is 1.00 e. The molecule has 0 amide bonds. The molecule has 0 rings (SSSR count). The third-order valence-electron chi connectivity index (χ3n) is 9.49. The SMILES string of the molecule is CCCCCCCCCCCCCCCCCCC/C=C/C(CCCCCCCCCCCCCCCCC)COS(=O)(=O)[O-].[Na+]. The van der Waals surface area contributed by atoms with Crippen LogP contribution in [0.5, 0.6) is 0 Å². The van der Waals surface area contributed by atoms with Crippen molar-refractivity contribution < 1.29 is 46.7 Å². The van der Waals surface area contributed by atoms with E-state index in [1.54, 1.807) is 0 Å². The van der Waals surface area contributed by atoms with Gasteiger partial charge in [0.15, 0.2) is 0 Å². The zero-order chi connectivity index (χ0) is 32.9. The zero-order valence-electron chi connectivity index (χ0n) is 31.5. The molecule has 0 saturated heterocycles. The van der Waals surface area contributed by atoms with Crippen molar-refractivity contribution in [3.63, 3.8) is 0 Å². The average molecular weight is 679 g/mol. The van der Waals surface area contributed by atoms with E-state index in [2.05, 4.69) is 30.2 Å². The molecule has 0 aliphatic heterocycles. The summed E-state index contributed by atoms with van der Waals surface area (Å²) < 4.78 is 37.6. The molecule has 0 aromatic rings. The van der Waals surface area contributed by atoms with Gasteiger partial charge in [0.1, 0.15) is 0 Å². The molecule has 0 aromatic heterocycles. The second kappa shape index (κ2) is 40.0. The minimum Gasteiger partial charge on any atom is -0.726 e. The van der Waals surface area contributed by atoms with Crippen LogP contribution in [0.3, 0.4) is 0 Å². The van der Waals surface area contributed by atoms with Gasteiger partial charge >= 0.3 is 29.6 Å². The summed E-state index contributed by atoms with van der Waals surface area (Å²) in [4.78, 5) is 0. The summed E-state index contributed by atoms with van der Waals surface area (Å²) in [5, 5.41) is 0. The van der Waals surface area contributed by atoms with Crippen molar-refractivity contribution in [2.75, 3.05) is 6.61 Å². The minimum absolute atomic E-state index is 0. The van der Waals surface area contributed by atoms with E-state index in [-0.39, 0.29) is 42.1 Å². The number of hydrogen-bond donors (Lipinski definition) is 0. The van der Waals surface area contributed by atoms with Gasteiger partial charge in [-0.25, -0.2) is 8.42 Å². The standard InChI is InChI=1S/C40H80O4S.Na/c1-3-5-7-9-11-13-15-17-19-20-21-22-24-26-28-30-32-34-36-38-40(39-44-45(41,42)43)37-35-33-31-29-27-25-23-18-16-14-12-10-8-6-4-2;/h36,38,40H,3-35,37,39H2,1-2H3,(H,41,42,43);/q;+1/p-1/b38-36+;. The average Bonchev–Trinajstić information content (AvgIpc) is 3.02. The Labute approximate surface area is 312 Å². The Morgan fingerprint density at radius 1 is 0.478 bits per heavy atom. The Bertz CT molecular complexity index is 697. The first-order valence-electron chi connectivity index (χ1n) is 20.3. The molecule has 0 heterocycles. The first-order valence-corrected chi connectivity index (χ1v) is 21.6. The molecular formula is C40H79NaO4S. The van der Waals surface area contributed by atoms with Crippen LogP contribution >= 0.6 is 0 Å². The molecule has 6 heteroatoms. The van der Waals surface area contributed by atoms with Gasteiger partial charge in [0, 0.05) is 5.92 Å². The third kappa shape index (κ3) is 42.6. The van der Waals surface area contributed by atoms with Crippen molar-refractivity contribution in [1.29, 1.82) is 0 Å². The Hall–Kier alpha value is 0.610. The van der Waals surface area contributed by atoms with E-state index in [1.807, 2.05) is 0 Å². The molecule has 0 N–H and O–H groups in total. The smallest absolute Gasteiger partial charge is 0.726 e. The number of rotatable bonds is 38. The van der Waals surface area contributed by atoms with Crippen LogP contribution in [-0.4, -0.2) is 19.6 Å². The molecule has 1 unspecified atom stereocenters. The second-order valence-corrected chi connectivity index (χ2v) is 15.1. The van der Waals surface area contributed by atoms with Gasteiger partial charge in [-0.2, -0.15) is 0 Å². The van der Waals surface area contributed by atoms with E-state index in [9.17, 15) is 13.0 Å². The molecule has 0 fully saturated rings. The van der Waals surface area contributed by atoms with Crippen molar-refractivity contribution in [3.8, 4) is 0 Å². The van der Waals surface area contributed by atoms with E-state index in [4.69, 9.17) is 0 Å². The van der Waals surface area contributed by atoms with Crippen molar-refractivity contribution in [3.05, 3.63) is 12.2 Å². The Morgan fingerprint density at radius 2 is 0.761 bits per heavy atom. The number of hydrogen-bond acceptors (Lipinski definition) is 4. The summed E-state index contributed by atoms with van der Waals surface area (Å²) in [5.41, 5.74) is 0. The summed E-state index contributed by atoms with van der Waals surface area (Å²) in [6.45, 7) is 4.55. The van der Waals surface area contributed by atoms with Crippen LogP contribution in [0.1, 0.15) is 232 Å². The number of allylic oxidation sites excluding steroid dienone is 1. The number of unbranched alkanes of at least 4 members (excludes halogenated alkanes) is 31. The Kier molecular flexibility index (Phi) is 42.4. The van der Waals surface area contributed by atoms with Crippen LogP contribution in [0.15, 0.2) is 12.2 Å². The van der Waals surface area contributed by atoms with Crippen LogP contribution in [-0.2, 0) is 14.6 Å².